The van der Waals surface area contributed by atoms with Crippen LogP contribution in [-0.4, -0.2) is 25.1 Å². The van der Waals surface area contributed by atoms with Gasteiger partial charge in [0.2, 0.25) is 0 Å². The highest BCUT2D eigenvalue weighted by Crippen LogP contribution is 2.15. The normalized spacial score (nSPS) is 10.5. The largest absolute Gasteiger partial charge is 0.494 e. The number of nitrogens with one attached hydrogen (secondary N) is 1. The molecule has 0 bridgehead atoms. The molecule has 5 nitrogen and oxygen atoms in total. The fourth-order valence-electron chi connectivity index (χ4n) is 2.02. The van der Waals surface area contributed by atoms with E-state index >= 15 is 0 Å². The topological polar surface area (TPSA) is 64.6 Å². The van der Waals surface area contributed by atoms with Crippen molar-refractivity contribution in [2.45, 2.75) is 13.8 Å². The number of ether oxygens (including phenoxy) is 2. The lowest BCUT2D eigenvalue weighted by Gasteiger charge is -2.07. The summed E-state index contributed by atoms with van der Waals surface area (Å²) in [6.45, 7) is 4.13. The molecule has 5 heteroatoms. The van der Waals surface area contributed by atoms with Crippen molar-refractivity contribution in [3.63, 3.8) is 0 Å². The van der Waals surface area contributed by atoms with E-state index in [2.05, 4.69) is 5.32 Å². The molecule has 130 valence electrons. The van der Waals surface area contributed by atoms with Crippen LogP contribution in [0.1, 0.15) is 18.1 Å². The molecule has 0 heterocycles. The maximum atomic E-state index is 11.8. The summed E-state index contributed by atoms with van der Waals surface area (Å²) < 4.78 is 10.2. The molecular weight excluding hydrogens is 318 g/mol. The van der Waals surface area contributed by atoms with Gasteiger partial charge in [0.25, 0.3) is 5.91 Å². The van der Waals surface area contributed by atoms with Crippen molar-refractivity contribution < 1.29 is 19.1 Å². The van der Waals surface area contributed by atoms with E-state index in [1.807, 2.05) is 38.1 Å². The molecule has 0 aliphatic heterocycles. The summed E-state index contributed by atoms with van der Waals surface area (Å²) in [7, 11) is 0. The average molecular weight is 339 g/mol. The minimum Gasteiger partial charge on any atom is -0.494 e. The van der Waals surface area contributed by atoms with Gasteiger partial charge >= 0.3 is 5.97 Å². The Balaban J connectivity index is 1.76. The maximum absolute atomic E-state index is 11.8. The van der Waals surface area contributed by atoms with Gasteiger partial charge in [-0.2, -0.15) is 0 Å². The third kappa shape index (κ3) is 6.51. The Morgan fingerprint density at radius 1 is 1.04 bits per heavy atom. The molecule has 0 unspecified atom stereocenters. The Hall–Kier alpha value is -3.08. The zero-order valence-electron chi connectivity index (χ0n) is 14.3. The molecule has 0 atom stereocenters. The van der Waals surface area contributed by atoms with Crippen molar-refractivity contribution in [2.75, 3.05) is 18.5 Å². The number of hydrogen-bond donors (Lipinski definition) is 1. The molecule has 0 radical (unpaired) electrons. The van der Waals surface area contributed by atoms with E-state index in [1.165, 1.54) is 6.08 Å². The van der Waals surface area contributed by atoms with Crippen LogP contribution in [0.5, 0.6) is 5.75 Å². The van der Waals surface area contributed by atoms with Gasteiger partial charge in [-0.1, -0.05) is 29.8 Å². The molecule has 1 amide bonds. The summed E-state index contributed by atoms with van der Waals surface area (Å²) in [5, 5.41) is 2.65. The molecule has 0 aliphatic carbocycles. The number of rotatable bonds is 7. The summed E-state index contributed by atoms with van der Waals surface area (Å²) in [6, 6.07) is 14.7. The molecule has 0 saturated carbocycles. The number of carbonyl (C=O) groups is 2. The quantitative estimate of drug-likeness (QED) is 0.618. The van der Waals surface area contributed by atoms with Crippen LogP contribution in [-0.2, 0) is 14.3 Å². The van der Waals surface area contributed by atoms with Gasteiger partial charge in [-0.15, -0.1) is 0 Å². The van der Waals surface area contributed by atoms with Crippen molar-refractivity contribution in [3.05, 3.63) is 65.7 Å². The molecule has 2 aromatic rings. The van der Waals surface area contributed by atoms with E-state index in [1.54, 1.807) is 30.3 Å². The maximum Gasteiger partial charge on any atom is 0.331 e. The number of benzene rings is 2. The van der Waals surface area contributed by atoms with Crippen LogP contribution in [0.15, 0.2) is 54.6 Å². The average Bonchev–Trinajstić information content (AvgIpc) is 2.61. The zero-order chi connectivity index (χ0) is 18.1. The lowest BCUT2D eigenvalue weighted by Crippen LogP contribution is -2.20. The van der Waals surface area contributed by atoms with Gasteiger partial charge in [-0.05, 0) is 49.8 Å². The highest BCUT2D eigenvalue weighted by molar-refractivity contribution is 5.94. The summed E-state index contributed by atoms with van der Waals surface area (Å²) in [5.74, 6) is -0.239. The van der Waals surface area contributed by atoms with Gasteiger partial charge in [0.15, 0.2) is 6.61 Å². The Morgan fingerprint density at radius 3 is 2.36 bits per heavy atom. The van der Waals surface area contributed by atoms with Crippen molar-refractivity contribution in [1.82, 2.24) is 0 Å². The number of esters is 1. The van der Waals surface area contributed by atoms with E-state index in [0.717, 1.165) is 16.9 Å². The second-order valence-electron chi connectivity index (χ2n) is 5.36. The van der Waals surface area contributed by atoms with Crippen LogP contribution < -0.4 is 10.1 Å². The highest BCUT2D eigenvalue weighted by Gasteiger charge is 2.06. The number of anilines is 1. The fourth-order valence-corrected chi connectivity index (χ4v) is 2.02. The van der Waals surface area contributed by atoms with Crippen molar-refractivity contribution >= 4 is 23.6 Å². The first-order valence-electron chi connectivity index (χ1n) is 8.01. The summed E-state index contributed by atoms with van der Waals surface area (Å²) in [5.41, 5.74) is 2.65. The third-order valence-electron chi connectivity index (χ3n) is 3.28. The monoisotopic (exact) mass is 339 g/mol. The van der Waals surface area contributed by atoms with Crippen LogP contribution in [0.25, 0.3) is 6.08 Å². The summed E-state index contributed by atoms with van der Waals surface area (Å²) in [6.07, 6.45) is 2.95. The molecule has 2 rings (SSSR count). The molecule has 0 fully saturated rings. The van der Waals surface area contributed by atoms with Gasteiger partial charge in [0, 0.05) is 11.8 Å². The van der Waals surface area contributed by atoms with Gasteiger partial charge < -0.3 is 14.8 Å². The van der Waals surface area contributed by atoms with Gasteiger partial charge in [0.1, 0.15) is 5.75 Å². The molecule has 1 N–H and O–H groups in total. The Kier molecular flexibility index (Phi) is 6.77. The molecule has 0 aromatic heterocycles. The van der Waals surface area contributed by atoms with Gasteiger partial charge in [0.05, 0.1) is 6.61 Å². The smallest absolute Gasteiger partial charge is 0.331 e. The van der Waals surface area contributed by atoms with Crippen LogP contribution >= 0.6 is 0 Å². The molecule has 0 aliphatic rings. The molecule has 0 saturated heterocycles. The highest BCUT2D eigenvalue weighted by atomic mass is 16.5. The summed E-state index contributed by atoms with van der Waals surface area (Å²) >= 11 is 0. The van der Waals surface area contributed by atoms with Crippen LogP contribution in [0.3, 0.4) is 0 Å². The Labute approximate surface area is 147 Å². The molecular formula is C20H21NO4. The fraction of sp³-hybridized carbons (Fsp3) is 0.200. The molecule has 0 spiro atoms. The standard InChI is InChI=1S/C20H21NO4/c1-3-24-18-11-9-17(10-12-18)21-19(22)14-25-20(23)13-8-16-6-4-15(2)5-7-16/h4-13H,3,14H2,1-2H3,(H,21,22). The third-order valence-corrected chi connectivity index (χ3v) is 3.28. The lowest BCUT2D eigenvalue weighted by atomic mass is 10.1. The van der Waals surface area contributed by atoms with Crippen LogP contribution in [0.4, 0.5) is 5.69 Å². The van der Waals surface area contributed by atoms with Gasteiger partial charge in [-0.25, -0.2) is 4.79 Å². The Bertz CT molecular complexity index is 733. The van der Waals surface area contributed by atoms with E-state index in [4.69, 9.17) is 9.47 Å². The van der Waals surface area contributed by atoms with Crippen molar-refractivity contribution in [3.8, 4) is 5.75 Å². The second-order valence-corrected chi connectivity index (χ2v) is 5.36. The minimum atomic E-state index is -0.567. The predicted octanol–water partition coefficient (Wildman–Crippen LogP) is 3.59. The van der Waals surface area contributed by atoms with E-state index in [0.29, 0.717) is 12.3 Å². The van der Waals surface area contributed by atoms with Crippen molar-refractivity contribution in [2.24, 2.45) is 0 Å². The predicted molar refractivity (Wildman–Crippen MR) is 97.4 cm³/mol. The van der Waals surface area contributed by atoms with Gasteiger partial charge in [-0.3, -0.25) is 4.79 Å². The first-order chi connectivity index (χ1) is 12.1. The number of amides is 1. The number of carbonyl (C=O) groups excluding carboxylic acids is 2. The van der Waals surface area contributed by atoms with Crippen LogP contribution in [0.2, 0.25) is 0 Å². The van der Waals surface area contributed by atoms with Crippen LogP contribution in [0, 0.1) is 6.92 Å². The van der Waals surface area contributed by atoms with E-state index in [-0.39, 0.29) is 6.61 Å². The minimum absolute atomic E-state index is 0.343. The number of hydrogen-bond acceptors (Lipinski definition) is 4. The lowest BCUT2D eigenvalue weighted by molar-refractivity contribution is -0.142. The SMILES string of the molecule is CCOc1ccc(NC(=O)COC(=O)C=Cc2ccc(C)cc2)cc1. The van der Waals surface area contributed by atoms with Crippen molar-refractivity contribution in [1.29, 1.82) is 0 Å². The molecule has 2 aromatic carbocycles. The zero-order valence-corrected chi connectivity index (χ0v) is 14.3. The number of aryl methyl sites for hydroxylation is 1. The van der Waals surface area contributed by atoms with E-state index < -0.39 is 11.9 Å². The first kappa shape index (κ1) is 18.3. The first-order valence-corrected chi connectivity index (χ1v) is 8.01. The summed E-state index contributed by atoms with van der Waals surface area (Å²) in [4.78, 5) is 23.4. The Morgan fingerprint density at radius 2 is 1.72 bits per heavy atom. The molecule has 25 heavy (non-hydrogen) atoms. The second kappa shape index (κ2) is 9.27. The van der Waals surface area contributed by atoms with E-state index in [9.17, 15) is 9.59 Å².